The summed E-state index contributed by atoms with van der Waals surface area (Å²) in [7, 11) is 0. The fourth-order valence-corrected chi connectivity index (χ4v) is 4.03. The monoisotopic (exact) mass is 375 g/mol. The summed E-state index contributed by atoms with van der Waals surface area (Å²) in [6.07, 6.45) is 6.49. The van der Waals surface area contributed by atoms with Crippen molar-refractivity contribution in [1.29, 1.82) is 0 Å². The van der Waals surface area contributed by atoms with Crippen LogP contribution in [0.2, 0.25) is 0 Å². The summed E-state index contributed by atoms with van der Waals surface area (Å²) < 4.78 is 9.98. The van der Waals surface area contributed by atoms with E-state index in [4.69, 9.17) is 4.74 Å². The fourth-order valence-electron chi connectivity index (χ4n) is 4.03. The molecule has 3 aromatic rings. The number of hydrogen-bond acceptors (Lipinski definition) is 2. The number of Topliss-reactive ketones (excluding diaryl/α,β-unsaturated/α-hetero) is 1. The van der Waals surface area contributed by atoms with Crippen molar-refractivity contribution in [3.8, 4) is 11.1 Å². The van der Waals surface area contributed by atoms with Crippen molar-refractivity contribution >= 4 is 5.78 Å². The van der Waals surface area contributed by atoms with Crippen LogP contribution in [-0.2, 0) is 17.8 Å². The molecule has 0 saturated carbocycles. The van der Waals surface area contributed by atoms with E-state index in [1.54, 1.807) is 0 Å². The van der Waals surface area contributed by atoms with Gasteiger partial charge in [0.15, 0.2) is 12.4 Å². The van der Waals surface area contributed by atoms with Gasteiger partial charge in [-0.15, -0.1) is 0 Å². The molecule has 2 aromatic heterocycles. The van der Waals surface area contributed by atoms with Crippen molar-refractivity contribution in [2.24, 2.45) is 0 Å². The molecule has 1 aliphatic rings. The molecule has 144 valence electrons. The van der Waals surface area contributed by atoms with Gasteiger partial charge in [0.2, 0.25) is 12.3 Å². The van der Waals surface area contributed by atoms with Crippen molar-refractivity contribution in [3.63, 3.8) is 0 Å². The summed E-state index contributed by atoms with van der Waals surface area (Å²) in [5.74, 6) is 0.141. The van der Waals surface area contributed by atoms with Gasteiger partial charge in [-0.1, -0.05) is 30.3 Å². The Morgan fingerprint density at radius 2 is 1.93 bits per heavy atom. The van der Waals surface area contributed by atoms with Crippen LogP contribution < -0.4 is 4.57 Å². The number of carbonyl (C=O) groups is 1. The molecule has 0 unspecified atom stereocenters. The van der Waals surface area contributed by atoms with Gasteiger partial charge < -0.3 is 9.30 Å². The predicted octanol–water partition coefficient (Wildman–Crippen LogP) is 4.12. The average molecular weight is 375 g/mol. The highest BCUT2D eigenvalue weighted by atomic mass is 16.5. The second kappa shape index (κ2) is 8.11. The highest BCUT2D eigenvalue weighted by Crippen LogP contribution is 2.21. The smallest absolute Gasteiger partial charge is 0.229 e. The van der Waals surface area contributed by atoms with Crippen LogP contribution in [0, 0.1) is 13.8 Å². The predicted molar refractivity (Wildman–Crippen MR) is 109 cm³/mol. The van der Waals surface area contributed by atoms with E-state index in [1.807, 2.05) is 54.2 Å². The molecule has 1 atom stereocenters. The van der Waals surface area contributed by atoms with Gasteiger partial charge in [-0.05, 0) is 44.4 Å². The molecule has 1 aromatic carbocycles. The van der Waals surface area contributed by atoms with E-state index < -0.39 is 0 Å². The molecule has 0 spiro atoms. The SMILES string of the molecule is Cc1cc(C(=O)C[n+]2cccc(-c3ccccc3)c2)c(C)n1C[C@H]1CCCO1. The highest BCUT2D eigenvalue weighted by Gasteiger charge is 2.22. The van der Waals surface area contributed by atoms with Crippen molar-refractivity contribution in [2.45, 2.75) is 45.9 Å². The van der Waals surface area contributed by atoms with E-state index in [1.165, 1.54) is 0 Å². The Labute approximate surface area is 166 Å². The molecule has 1 saturated heterocycles. The Kier molecular flexibility index (Phi) is 5.40. The van der Waals surface area contributed by atoms with Gasteiger partial charge in [-0.3, -0.25) is 4.79 Å². The number of ether oxygens (including phenoxy) is 1. The number of pyridine rings is 1. The molecule has 4 rings (SSSR count). The van der Waals surface area contributed by atoms with Gasteiger partial charge in [-0.2, -0.15) is 4.57 Å². The minimum absolute atomic E-state index is 0.141. The van der Waals surface area contributed by atoms with Crippen molar-refractivity contribution in [1.82, 2.24) is 4.57 Å². The highest BCUT2D eigenvalue weighted by molar-refractivity contribution is 5.96. The van der Waals surface area contributed by atoms with Crippen LogP contribution in [0.1, 0.15) is 34.6 Å². The van der Waals surface area contributed by atoms with E-state index in [2.05, 4.69) is 29.7 Å². The molecule has 4 heteroatoms. The number of hydrogen-bond donors (Lipinski definition) is 0. The van der Waals surface area contributed by atoms with Crippen LogP contribution in [0.15, 0.2) is 60.9 Å². The summed E-state index contributed by atoms with van der Waals surface area (Å²) in [4.78, 5) is 13.0. The Bertz CT molecular complexity index is 970. The Hall–Kier alpha value is -2.72. The van der Waals surface area contributed by atoms with Crippen LogP contribution in [0.5, 0.6) is 0 Å². The van der Waals surface area contributed by atoms with Gasteiger partial charge in [-0.25, -0.2) is 0 Å². The lowest BCUT2D eigenvalue weighted by atomic mass is 10.1. The molecule has 3 heterocycles. The maximum Gasteiger partial charge on any atom is 0.229 e. The minimum Gasteiger partial charge on any atom is -0.376 e. The largest absolute Gasteiger partial charge is 0.376 e. The van der Waals surface area contributed by atoms with Crippen LogP contribution in [0.3, 0.4) is 0 Å². The Balaban J connectivity index is 1.53. The first kappa shape index (κ1) is 18.6. The van der Waals surface area contributed by atoms with Gasteiger partial charge in [0.1, 0.15) is 0 Å². The molecule has 0 amide bonds. The molecule has 0 aliphatic carbocycles. The van der Waals surface area contributed by atoms with Crippen LogP contribution in [-0.4, -0.2) is 23.1 Å². The fraction of sp³-hybridized carbons (Fsp3) is 0.333. The summed E-state index contributed by atoms with van der Waals surface area (Å²) in [6.45, 7) is 6.14. The van der Waals surface area contributed by atoms with Gasteiger partial charge >= 0.3 is 0 Å². The molecule has 0 N–H and O–H groups in total. The van der Waals surface area contributed by atoms with E-state index in [0.29, 0.717) is 6.54 Å². The van der Waals surface area contributed by atoms with Gasteiger partial charge in [0.25, 0.3) is 0 Å². The third-order valence-corrected chi connectivity index (χ3v) is 5.58. The molecule has 1 aliphatic heterocycles. The van der Waals surface area contributed by atoms with E-state index >= 15 is 0 Å². The third kappa shape index (κ3) is 3.92. The average Bonchev–Trinajstić information content (AvgIpc) is 3.33. The lowest BCUT2D eigenvalue weighted by Gasteiger charge is -2.14. The first-order valence-corrected chi connectivity index (χ1v) is 9.98. The van der Waals surface area contributed by atoms with Crippen molar-refractivity contribution < 1.29 is 14.1 Å². The maximum absolute atomic E-state index is 13.0. The number of aryl methyl sites for hydroxylation is 1. The van der Waals surface area contributed by atoms with Crippen LogP contribution in [0.4, 0.5) is 0 Å². The number of aromatic nitrogens is 2. The molecule has 28 heavy (non-hydrogen) atoms. The zero-order valence-corrected chi connectivity index (χ0v) is 16.6. The minimum atomic E-state index is 0.141. The zero-order valence-electron chi connectivity index (χ0n) is 16.6. The molecule has 4 nitrogen and oxygen atoms in total. The summed E-state index contributed by atoms with van der Waals surface area (Å²) in [6, 6.07) is 16.3. The molecule has 0 radical (unpaired) electrons. The van der Waals surface area contributed by atoms with E-state index in [0.717, 1.165) is 54.1 Å². The van der Waals surface area contributed by atoms with Crippen LogP contribution >= 0.6 is 0 Å². The number of benzene rings is 1. The standard InChI is InChI=1S/C24H27N2O2/c1-18-14-23(19(2)26(18)16-22-11-7-13-28-22)24(27)17-25-12-6-10-21(15-25)20-8-4-3-5-9-20/h3-6,8-10,12,14-15,22H,7,11,13,16-17H2,1-2H3/q+1/t22-/m1/s1. The molecular weight excluding hydrogens is 348 g/mol. The topological polar surface area (TPSA) is 35.1 Å². The van der Waals surface area contributed by atoms with Crippen LogP contribution in [0.25, 0.3) is 11.1 Å². The number of nitrogens with zero attached hydrogens (tertiary/aromatic N) is 2. The van der Waals surface area contributed by atoms with Gasteiger partial charge in [0.05, 0.1) is 6.10 Å². The van der Waals surface area contributed by atoms with Gasteiger partial charge in [0, 0.05) is 41.7 Å². The third-order valence-electron chi connectivity index (χ3n) is 5.58. The Morgan fingerprint density at radius 3 is 2.68 bits per heavy atom. The molecular formula is C24H27N2O2+. The first-order valence-electron chi connectivity index (χ1n) is 9.98. The molecule has 1 fully saturated rings. The number of carbonyl (C=O) groups excluding carboxylic acids is 1. The molecule has 0 bridgehead atoms. The summed E-state index contributed by atoms with van der Waals surface area (Å²) >= 11 is 0. The maximum atomic E-state index is 13.0. The lowest BCUT2D eigenvalue weighted by Crippen LogP contribution is -2.37. The quantitative estimate of drug-likeness (QED) is 0.480. The van der Waals surface area contributed by atoms with Crippen molar-refractivity contribution in [2.75, 3.05) is 6.61 Å². The summed E-state index contributed by atoms with van der Waals surface area (Å²) in [5, 5.41) is 0. The Morgan fingerprint density at radius 1 is 1.14 bits per heavy atom. The lowest BCUT2D eigenvalue weighted by molar-refractivity contribution is -0.682. The van der Waals surface area contributed by atoms with Crippen molar-refractivity contribution in [3.05, 3.63) is 77.9 Å². The number of ketones is 1. The second-order valence-electron chi connectivity index (χ2n) is 7.58. The summed E-state index contributed by atoms with van der Waals surface area (Å²) in [5.41, 5.74) is 5.24. The number of rotatable bonds is 6. The second-order valence-corrected chi connectivity index (χ2v) is 7.58. The zero-order chi connectivity index (χ0) is 19.5. The van der Waals surface area contributed by atoms with E-state index in [-0.39, 0.29) is 11.9 Å². The normalized spacial score (nSPS) is 16.4. The van der Waals surface area contributed by atoms with E-state index in [9.17, 15) is 4.79 Å². The first-order chi connectivity index (χ1) is 13.6.